The molecule has 0 radical (unpaired) electrons. The van der Waals surface area contributed by atoms with Gasteiger partial charge in [0.15, 0.2) is 0 Å². The third kappa shape index (κ3) is 6.79. The molecule has 0 bridgehead atoms. The van der Waals surface area contributed by atoms with Crippen LogP contribution in [0.2, 0.25) is 5.02 Å². The number of nitrogens with zero attached hydrogens (tertiary/aromatic N) is 1. The van der Waals surface area contributed by atoms with Gasteiger partial charge in [-0.15, -0.1) is 0 Å². The summed E-state index contributed by atoms with van der Waals surface area (Å²) in [4.78, 5) is 25.0. The fraction of sp³-hybridized carbons (Fsp3) is 0.267. The quantitative estimate of drug-likeness (QED) is 0.298. The van der Waals surface area contributed by atoms with E-state index in [1.54, 1.807) is 0 Å². The number of ether oxygens (including phenoxy) is 1. The molecular weight excluding hydrogens is 486 g/mol. The Kier molecular flexibility index (Phi) is 8.00. The van der Waals surface area contributed by atoms with Crippen molar-refractivity contribution in [1.82, 2.24) is 9.88 Å². The molecule has 1 aromatic heterocycles. The lowest BCUT2D eigenvalue weighted by molar-refractivity contribution is -0.153. The molecule has 37 heavy (non-hydrogen) atoms. The molecule has 1 heterocycles. The Balaban J connectivity index is 1.47. The van der Waals surface area contributed by atoms with Crippen LogP contribution in [0.1, 0.15) is 47.8 Å². The summed E-state index contributed by atoms with van der Waals surface area (Å²) < 4.78 is 7.50. The monoisotopic (exact) mass is 517 g/mol. The number of amides is 1. The summed E-state index contributed by atoms with van der Waals surface area (Å²) in [6, 6.07) is 21.1. The van der Waals surface area contributed by atoms with Crippen LogP contribution in [0.5, 0.6) is 0 Å². The van der Waals surface area contributed by atoms with Crippen molar-refractivity contribution in [1.29, 1.82) is 0 Å². The molecular formula is C30H32ClN3O3. The van der Waals surface area contributed by atoms with Crippen molar-refractivity contribution in [2.75, 3.05) is 6.54 Å². The normalized spacial score (nSPS) is 11.5. The van der Waals surface area contributed by atoms with E-state index in [0.29, 0.717) is 23.7 Å². The van der Waals surface area contributed by atoms with Gasteiger partial charge < -0.3 is 20.4 Å². The number of rotatable bonds is 8. The van der Waals surface area contributed by atoms with E-state index < -0.39 is 5.60 Å². The van der Waals surface area contributed by atoms with Gasteiger partial charge in [-0.1, -0.05) is 35.9 Å². The number of carbonyl (C=O) groups excluding carboxylic acids is 2. The van der Waals surface area contributed by atoms with Gasteiger partial charge in [0.25, 0.3) is 5.91 Å². The molecule has 3 aromatic carbocycles. The number of hydrogen-bond acceptors (Lipinski definition) is 4. The van der Waals surface area contributed by atoms with Crippen LogP contribution in [-0.4, -0.2) is 28.6 Å². The molecule has 0 unspecified atom stereocenters. The average Bonchev–Trinajstić information content (AvgIpc) is 3.27. The van der Waals surface area contributed by atoms with Gasteiger partial charge in [-0.25, -0.2) is 0 Å². The summed E-state index contributed by atoms with van der Waals surface area (Å²) in [5.74, 6) is -0.383. The Morgan fingerprint density at radius 3 is 2.41 bits per heavy atom. The predicted octanol–water partition coefficient (Wildman–Crippen LogP) is 5.60. The summed E-state index contributed by atoms with van der Waals surface area (Å²) in [7, 11) is 0. The van der Waals surface area contributed by atoms with Gasteiger partial charge in [0.2, 0.25) is 0 Å². The van der Waals surface area contributed by atoms with Gasteiger partial charge in [0.05, 0.1) is 17.6 Å². The van der Waals surface area contributed by atoms with Crippen LogP contribution in [0.25, 0.3) is 16.6 Å². The van der Waals surface area contributed by atoms with Crippen molar-refractivity contribution in [2.45, 2.75) is 45.8 Å². The summed E-state index contributed by atoms with van der Waals surface area (Å²) in [6.07, 6.45) is 2.88. The third-order valence-electron chi connectivity index (χ3n) is 5.96. The first-order chi connectivity index (χ1) is 17.6. The molecule has 0 aliphatic carbocycles. The minimum absolute atomic E-state index is 0.113. The van der Waals surface area contributed by atoms with Crippen LogP contribution in [0.15, 0.2) is 72.9 Å². The maximum absolute atomic E-state index is 12.7. The number of aromatic nitrogens is 1. The van der Waals surface area contributed by atoms with Crippen LogP contribution in [0.3, 0.4) is 0 Å². The van der Waals surface area contributed by atoms with Crippen LogP contribution >= 0.6 is 11.6 Å². The number of halogens is 1. The van der Waals surface area contributed by atoms with Crippen molar-refractivity contribution in [3.8, 4) is 5.69 Å². The molecule has 0 aliphatic heterocycles. The Bertz CT molecular complexity index is 1420. The highest BCUT2D eigenvalue weighted by molar-refractivity contribution is 6.30. The van der Waals surface area contributed by atoms with Gasteiger partial charge in [0.1, 0.15) is 5.60 Å². The lowest BCUT2D eigenvalue weighted by Gasteiger charge is -2.20. The molecule has 0 saturated heterocycles. The molecule has 0 aliphatic rings. The molecule has 1 amide bonds. The Labute approximate surface area is 222 Å². The van der Waals surface area contributed by atoms with Gasteiger partial charge in [-0.05, 0) is 86.3 Å². The van der Waals surface area contributed by atoms with E-state index in [2.05, 4.69) is 9.88 Å². The van der Waals surface area contributed by atoms with Gasteiger partial charge in [0, 0.05) is 35.3 Å². The molecule has 7 heteroatoms. The van der Waals surface area contributed by atoms with Crippen molar-refractivity contribution in [2.24, 2.45) is 5.73 Å². The topological polar surface area (TPSA) is 86.3 Å². The first kappa shape index (κ1) is 26.5. The molecule has 0 saturated carbocycles. The second-order valence-corrected chi connectivity index (χ2v) is 10.5. The molecule has 4 rings (SSSR count). The van der Waals surface area contributed by atoms with Crippen molar-refractivity contribution in [3.05, 3.63) is 100 Å². The van der Waals surface area contributed by atoms with E-state index >= 15 is 0 Å². The van der Waals surface area contributed by atoms with E-state index in [4.69, 9.17) is 22.1 Å². The fourth-order valence-electron chi connectivity index (χ4n) is 4.26. The number of benzene rings is 3. The maximum atomic E-state index is 12.7. The number of fused-ring (bicyclic) bond motifs is 1. The third-order valence-corrected chi connectivity index (χ3v) is 6.21. The number of nitrogens with two attached hydrogens (primary N) is 1. The number of nitrogens with one attached hydrogen (secondary N) is 1. The summed E-state index contributed by atoms with van der Waals surface area (Å²) in [6.45, 7) is 6.42. The van der Waals surface area contributed by atoms with Gasteiger partial charge >= 0.3 is 5.97 Å². The first-order valence-electron chi connectivity index (χ1n) is 12.3. The molecule has 0 fully saturated rings. The van der Waals surface area contributed by atoms with Crippen molar-refractivity contribution < 1.29 is 14.3 Å². The zero-order valence-electron chi connectivity index (χ0n) is 21.4. The lowest BCUT2D eigenvalue weighted by Crippen LogP contribution is -2.25. The standard InChI is InChI=1S/C30H32ClN3O3/c1-30(2,3)37-28(35)17-21-6-10-27(24(16-21)19-32)34-15-13-22-18-23(7-11-26(22)34)29(36)33-14-12-20-4-8-25(31)9-5-20/h4-11,13,15-16,18H,12,14,17,19,32H2,1-3H3,(H,33,36). The number of carbonyl (C=O) groups is 2. The first-order valence-corrected chi connectivity index (χ1v) is 12.7. The largest absolute Gasteiger partial charge is 0.460 e. The van der Waals surface area contributed by atoms with Crippen LogP contribution in [0.4, 0.5) is 0 Å². The van der Waals surface area contributed by atoms with Crippen LogP contribution in [-0.2, 0) is 28.9 Å². The Morgan fingerprint density at radius 2 is 1.70 bits per heavy atom. The Hall–Kier alpha value is -3.61. The van der Waals surface area contributed by atoms with Crippen LogP contribution < -0.4 is 11.1 Å². The summed E-state index contributed by atoms with van der Waals surface area (Å²) in [5.41, 5.74) is 10.9. The number of hydrogen-bond donors (Lipinski definition) is 2. The second-order valence-electron chi connectivity index (χ2n) is 10.0. The summed E-state index contributed by atoms with van der Waals surface area (Å²) >= 11 is 5.93. The minimum Gasteiger partial charge on any atom is -0.460 e. The van der Waals surface area contributed by atoms with E-state index in [1.165, 1.54) is 0 Å². The smallest absolute Gasteiger partial charge is 0.310 e. The highest BCUT2D eigenvalue weighted by Crippen LogP contribution is 2.25. The SMILES string of the molecule is CC(C)(C)OC(=O)Cc1ccc(-n2ccc3cc(C(=O)NCCc4ccc(Cl)cc4)ccc32)c(CN)c1. The van der Waals surface area contributed by atoms with Gasteiger partial charge in [-0.3, -0.25) is 9.59 Å². The molecule has 4 aromatic rings. The molecule has 6 nitrogen and oxygen atoms in total. The highest BCUT2D eigenvalue weighted by Gasteiger charge is 2.17. The van der Waals surface area contributed by atoms with E-state index in [0.717, 1.165) is 39.7 Å². The molecule has 192 valence electrons. The molecule has 0 atom stereocenters. The highest BCUT2D eigenvalue weighted by atomic mass is 35.5. The van der Waals surface area contributed by atoms with E-state index in [-0.39, 0.29) is 18.3 Å². The second kappa shape index (κ2) is 11.2. The van der Waals surface area contributed by atoms with Crippen molar-refractivity contribution >= 4 is 34.4 Å². The molecule has 0 spiro atoms. The van der Waals surface area contributed by atoms with E-state index in [9.17, 15) is 9.59 Å². The fourth-order valence-corrected chi connectivity index (χ4v) is 4.38. The zero-order chi connectivity index (χ0) is 26.6. The van der Waals surface area contributed by atoms with E-state index in [1.807, 2.05) is 93.7 Å². The zero-order valence-corrected chi connectivity index (χ0v) is 22.1. The van der Waals surface area contributed by atoms with Crippen molar-refractivity contribution in [3.63, 3.8) is 0 Å². The minimum atomic E-state index is -0.524. The van der Waals surface area contributed by atoms with Crippen LogP contribution in [0, 0.1) is 0 Å². The lowest BCUT2D eigenvalue weighted by atomic mass is 10.1. The predicted molar refractivity (Wildman–Crippen MR) is 148 cm³/mol. The Morgan fingerprint density at radius 1 is 0.973 bits per heavy atom. The van der Waals surface area contributed by atoms with Gasteiger partial charge in [-0.2, -0.15) is 0 Å². The maximum Gasteiger partial charge on any atom is 0.310 e. The molecule has 3 N–H and O–H groups in total. The average molecular weight is 518 g/mol. The summed E-state index contributed by atoms with van der Waals surface area (Å²) in [5, 5.41) is 4.63. The number of esters is 1.